The van der Waals surface area contributed by atoms with Crippen LogP contribution in [0.4, 0.5) is 0 Å². The molecule has 0 bridgehead atoms. The van der Waals surface area contributed by atoms with Gasteiger partial charge in [0.05, 0.1) is 4.90 Å². The second-order valence-corrected chi connectivity index (χ2v) is 7.81. The van der Waals surface area contributed by atoms with Crippen molar-refractivity contribution in [2.45, 2.75) is 37.0 Å². The first-order chi connectivity index (χ1) is 10.4. The molecule has 1 N–H and O–H groups in total. The zero-order chi connectivity index (χ0) is 16.2. The molecule has 1 aromatic rings. The number of sulfonamides is 1. The topological polar surface area (TPSA) is 66.5 Å². The van der Waals surface area contributed by atoms with Gasteiger partial charge in [-0.25, -0.2) is 13.1 Å². The highest BCUT2D eigenvalue weighted by atomic mass is 32.2. The fourth-order valence-electron chi connectivity index (χ4n) is 2.97. The van der Waals surface area contributed by atoms with Crippen LogP contribution in [0.2, 0.25) is 0 Å². The van der Waals surface area contributed by atoms with Gasteiger partial charge < -0.3 is 4.90 Å². The first-order valence-corrected chi connectivity index (χ1v) is 9.21. The van der Waals surface area contributed by atoms with Crippen molar-refractivity contribution in [2.75, 3.05) is 20.6 Å². The van der Waals surface area contributed by atoms with E-state index in [1.54, 1.807) is 24.1 Å². The number of amides is 1. The summed E-state index contributed by atoms with van der Waals surface area (Å²) in [5.74, 6) is 0.436. The Morgan fingerprint density at radius 2 is 1.95 bits per heavy atom. The lowest BCUT2D eigenvalue weighted by atomic mass is 9.89. The average Bonchev–Trinajstić information content (AvgIpc) is 2.55. The van der Waals surface area contributed by atoms with E-state index in [0.717, 1.165) is 6.54 Å². The van der Waals surface area contributed by atoms with Crippen molar-refractivity contribution in [3.8, 4) is 0 Å². The molecule has 6 heteroatoms. The first-order valence-electron chi connectivity index (χ1n) is 7.73. The van der Waals surface area contributed by atoms with E-state index in [-0.39, 0.29) is 10.8 Å². The molecule has 0 radical (unpaired) electrons. The van der Waals surface area contributed by atoms with Crippen molar-refractivity contribution in [2.24, 2.45) is 5.92 Å². The number of hydrogen-bond acceptors (Lipinski definition) is 3. The van der Waals surface area contributed by atoms with Crippen LogP contribution in [0.5, 0.6) is 0 Å². The highest BCUT2D eigenvalue weighted by molar-refractivity contribution is 7.89. The van der Waals surface area contributed by atoms with Crippen LogP contribution in [-0.2, 0) is 10.0 Å². The summed E-state index contributed by atoms with van der Waals surface area (Å²) in [7, 11) is -0.380. The molecule has 1 amide bonds. The van der Waals surface area contributed by atoms with Crippen LogP contribution >= 0.6 is 0 Å². The van der Waals surface area contributed by atoms with Gasteiger partial charge in [-0.1, -0.05) is 25.3 Å². The molecule has 1 aliphatic rings. The molecule has 2 rings (SSSR count). The van der Waals surface area contributed by atoms with Crippen LogP contribution in [0.1, 0.15) is 42.5 Å². The third kappa shape index (κ3) is 4.08. The number of benzene rings is 1. The Morgan fingerprint density at radius 1 is 1.27 bits per heavy atom. The van der Waals surface area contributed by atoms with Crippen molar-refractivity contribution in [3.05, 3.63) is 29.8 Å². The van der Waals surface area contributed by atoms with Gasteiger partial charge in [0.15, 0.2) is 0 Å². The summed E-state index contributed by atoms with van der Waals surface area (Å²) < 4.78 is 25.9. The van der Waals surface area contributed by atoms with Crippen molar-refractivity contribution in [3.63, 3.8) is 0 Å². The summed E-state index contributed by atoms with van der Waals surface area (Å²) in [5, 5.41) is 0. The SMILES string of the molecule is CNS(=O)(=O)c1cccc(C(=O)N(C)CC2CCCCC2)c1. The van der Waals surface area contributed by atoms with Crippen LogP contribution in [0.15, 0.2) is 29.2 Å². The van der Waals surface area contributed by atoms with Crippen LogP contribution in [0.3, 0.4) is 0 Å². The molecule has 0 saturated heterocycles. The maximum Gasteiger partial charge on any atom is 0.253 e. The number of hydrogen-bond donors (Lipinski definition) is 1. The molecule has 1 saturated carbocycles. The fourth-order valence-corrected chi connectivity index (χ4v) is 3.75. The molecule has 0 atom stereocenters. The van der Waals surface area contributed by atoms with E-state index < -0.39 is 10.0 Å². The van der Waals surface area contributed by atoms with Crippen molar-refractivity contribution in [1.82, 2.24) is 9.62 Å². The molecule has 122 valence electrons. The summed E-state index contributed by atoms with van der Waals surface area (Å²) in [4.78, 5) is 14.3. The van der Waals surface area contributed by atoms with E-state index >= 15 is 0 Å². The highest BCUT2D eigenvalue weighted by Gasteiger charge is 2.20. The summed E-state index contributed by atoms with van der Waals surface area (Å²) in [6.07, 6.45) is 6.11. The van der Waals surface area contributed by atoms with Crippen LogP contribution in [0.25, 0.3) is 0 Å². The standard InChI is InChI=1S/C16H24N2O3S/c1-17-22(20,21)15-10-6-9-14(11-15)16(19)18(2)12-13-7-4-3-5-8-13/h6,9-11,13,17H,3-5,7-8,12H2,1-2H3. The van der Waals surface area contributed by atoms with Gasteiger partial charge in [-0.05, 0) is 44.0 Å². The van der Waals surface area contributed by atoms with Gasteiger partial charge in [-0.2, -0.15) is 0 Å². The van der Waals surface area contributed by atoms with E-state index in [4.69, 9.17) is 0 Å². The maximum absolute atomic E-state index is 12.5. The molecule has 22 heavy (non-hydrogen) atoms. The summed E-state index contributed by atoms with van der Waals surface area (Å²) in [6.45, 7) is 0.738. The van der Waals surface area contributed by atoms with Crippen molar-refractivity contribution < 1.29 is 13.2 Å². The minimum Gasteiger partial charge on any atom is -0.341 e. The highest BCUT2D eigenvalue weighted by Crippen LogP contribution is 2.24. The van der Waals surface area contributed by atoms with Gasteiger partial charge in [0.25, 0.3) is 5.91 Å². The average molecular weight is 324 g/mol. The predicted octanol–water partition coefficient (Wildman–Crippen LogP) is 2.25. The Kier molecular flexibility index (Phi) is 5.58. The molecule has 0 aromatic heterocycles. The largest absolute Gasteiger partial charge is 0.341 e. The zero-order valence-corrected chi connectivity index (χ0v) is 14.0. The zero-order valence-electron chi connectivity index (χ0n) is 13.2. The van der Waals surface area contributed by atoms with Crippen LogP contribution < -0.4 is 4.72 Å². The second-order valence-electron chi connectivity index (χ2n) is 5.93. The van der Waals surface area contributed by atoms with Crippen molar-refractivity contribution >= 4 is 15.9 Å². The lowest BCUT2D eigenvalue weighted by Crippen LogP contribution is -2.32. The second kappa shape index (κ2) is 7.24. The van der Waals surface area contributed by atoms with Crippen LogP contribution in [0, 0.1) is 5.92 Å². The van der Waals surface area contributed by atoms with Gasteiger partial charge in [0.2, 0.25) is 10.0 Å². The van der Waals surface area contributed by atoms with Gasteiger partial charge in [0.1, 0.15) is 0 Å². The Balaban J connectivity index is 2.10. The van der Waals surface area contributed by atoms with E-state index in [2.05, 4.69) is 4.72 Å². The number of carbonyl (C=O) groups excluding carboxylic acids is 1. The van der Waals surface area contributed by atoms with E-state index in [9.17, 15) is 13.2 Å². The van der Waals surface area contributed by atoms with Gasteiger partial charge in [-0.15, -0.1) is 0 Å². The van der Waals surface area contributed by atoms with E-state index in [1.165, 1.54) is 51.3 Å². The number of carbonyl (C=O) groups is 1. The molecular weight excluding hydrogens is 300 g/mol. The van der Waals surface area contributed by atoms with Gasteiger partial charge in [0, 0.05) is 19.2 Å². The van der Waals surface area contributed by atoms with Crippen LogP contribution in [-0.4, -0.2) is 39.9 Å². The number of nitrogens with zero attached hydrogens (tertiary/aromatic N) is 1. The normalized spacial score (nSPS) is 16.5. The van der Waals surface area contributed by atoms with Gasteiger partial charge >= 0.3 is 0 Å². The summed E-state index contributed by atoms with van der Waals surface area (Å²) in [5.41, 5.74) is 0.412. The molecule has 0 unspecified atom stereocenters. The van der Waals surface area contributed by atoms with Crippen molar-refractivity contribution in [1.29, 1.82) is 0 Å². The Morgan fingerprint density at radius 3 is 2.59 bits per heavy atom. The minimum atomic E-state index is -3.53. The molecule has 0 aliphatic heterocycles. The maximum atomic E-state index is 12.5. The van der Waals surface area contributed by atoms with E-state index in [0.29, 0.717) is 11.5 Å². The Hall–Kier alpha value is -1.40. The summed E-state index contributed by atoms with van der Waals surface area (Å²) in [6, 6.07) is 6.19. The molecule has 1 aliphatic carbocycles. The molecule has 0 spiro atoms. The smallest absolute Gasteiger partial charge is 0.253 e. The quantitative estimate of drug-likeness (QED) is 0.903. The molecule has 1 aromatic carbocycles. The third-order valence-corrected chi connectivity index (χ3v) is 5.68. The molecule has 1 fully saturated rings. The number of nitrogens with one attached hydrogen (secondary N) is 1. The predicted molar refractivity (Wildman–Crippen MR) is 86.2 cm³/mol. The summed E-state index contributed by atoms with van der Waals surface area (Å²) >= 11 is 0. The lowest BCUT2D eigenvalue weighted by molar-refractivity contribution is 0.0760. The van der Waals surface area contributed by atoms with E-state index in [1.807, 2.05) is 0 Å². The molecule has 5 nitrogen and oxygen atoms in total. The molecular formula is C16H24N2O3S. The Labute approximate surface area is 132 Å². The number of rotatable bonds is 5. The third-order valence-electron chi connectivity index (χ3n) is 4.26. The first kappa shape index (κ1) is 17.0. The molecule has 0 heterocycles. The fraction of sp³-hybridized carbons (Fsp3) is 0.562. The minimum absolute atomic E-state index is 0.118. The monoisotopic (exact) mass is 324 g/mol. The Bertz CT molecular complexity index is 622. The van der Waals surface area contributed by atoms with Gasteiger partial charge in [-0.3, -0.25) is 4.79 Å². The lowest BCUT2D eigenvalue weighted by Gasteiger charge is -2.27.